The average Bonchev–Trinajstić information content (AvgIpc) is 1.77. The normalized spacial score (nSPS) is 9.00. The Kier molecular flexibility index (Phi) is 0.997. The summed E-state index contributed by atoms with van der Waals surface area (Å²) in [5.41, 5.74) is 5.57. The molecule has 4 nitrogen and oxygen atoms in total. The number of nitrogens with zero attached hydrogens (tertiary/aromatic N) is 2. The smallest absolute Gasteiger partial charge is 0.367 e. The molecule has 1 aromatic heterocycles. The summed E-state index contributed by atoms with van der Waals surface area (Å²) in [7, 11) is 0. The van der Waals surface area contributed by atoms with E-state index in [9.17, 15) is 5.11 Å². The zero-order valence-electron chi connectivity index (χ0n) is 4.03. The summed E-state index contributed by atoms with van der Waals surface area (Å²) in [6.07, 6.45) is 2.55. The molecule has 0 amide bonds. The van der Waals surface area contributed by atoms with Gasteiger partial charge in [-0.05, 0) is 0 Å². The van der Waals surface area contributed by atoms with Crippen molar-refractivity contribution in [2.75, 3.05) is 5.73 Å². The highest BCUT2D eigenvalue weighted by atomic mass is 16.3. The minimum Gasteiger partial charge on any atom is -0.396 e. The third kappa shape index (κ3) is 0.841. The molecule has 1 heterocycles. The Morgan fingerprint density at radius 1 is 1.38 bits per heavy atom. The molecule has 0 aliphatic rings. The third-order valence-electron chi connectivity index (χ3n) is 0.648. The monoisotopic (exact) mass is 110 g/mol. The van der Waals surface area contributed by atoms with Gasteiger partial charge in [0.05, 0.1) is 18.1 Å². The van der Waals surface area contributed by atoms with Gasteiger partial charge in [0, 0.05) is 0 Å². The van der Waals surface area contributed by atoms with Crippen LogP contribution in [0.25, 0.3) is 0 Å². The van der Waals surface area contributed by atoms with Crippen LogP contribution < -0.4 is 5.73 Å². The van der Waals surface area contributed by atoms with Gasteiger partial charge < -0.3 is 5.73 Å². The number of nitrogen functional groups attached to an aromatic ring is 1. The van der Waals surface area contributed by atoms with Crippen molar-refractivity contribution in [1.82, 2.24) is 9.97 Å². The standard InChI is InChI=1S/C4H4N3O/c5-3-1-6-4(8)7-2-3/h1-2H,5H2. The molecule has 0 unspecified atom stereocenters. The maximum atomic E-state index is 10.1. The molecule has 0 saturated heterocycles. The van der Waals surface area contributed by atoms with Gasteiger partial charge in [-0.25, -0.2) is 5.11 Å². The number of nitrogens with two attached hydrogens (primary N) is 1. The van der Waals surface area contributed by atoms with Gasteiger partial charge in [-0.1, -0.05) is 0 Å². The number of hydrogen-bond acceptors (Lipinski definition) is 3. The van der Waals surface area contributed by atoms with Crippen molar-refractivity contribution in [2.24, 2.45) is 0 Å². The zero-order valence-corrected chi connectivity index (χ0v) is 4.03. The molecule has 1 radical (unpaired) electrons. The Hall–Kier alpha value is -1.32. The van der Waals surface area contributed by atoms with Crippen molar-refractivity contribution in [3.8, 4) is 6.01 Å². The molecule has 0 aliphatic carbocycles. The molecular weight excluding hydrogens is 106 g/mol. The van der Waals surface area contributed by atoms with Crippen LogP contribution in [0, 0.1) is 0 Å². The molecule has 41 valence electrons. The van der Waals surface area contributed by atoms with Gasteiger partial charge in [-0.3, -0.25) is 0 Å². The molecule has 0 spiro atoms. The predicted molar refractivity (Wildman–Crippen MR) is 26.6 cm³/mol. The highest BCUT2D eigenvalue weighted by Crippen LogP contribution is 1.99. The van der Waals surface area contributed by atoms with Gasteiger partial charge in [0.1, 0.15) is 0 Å². The molecule has 0 saturated carbocycles. The summed E-state index contributed by atoms with van der Waals surface area (Å²) in [5.74, 6) is 0. The van der Waals surface area contributed by atoms with Crippen LogP contribution in [0.1, 0.15) is 0 Å². The summed E-state index contributed by atoms with van der Waals surface area (Å²) < 4.78 is 0. The van der Waals surface area contributed by atoms with Crippen molar-refractivity contribution >= 4 is 5.69 Å². The van der Waals surface area contributed by atoms with Crippen LogP contribution in [-0.4, -0.2) is 9.97 Å². The molecule has 0 atom stereocenters. The van der Waals surface area contributed by atoms with Crippen LogP contribution in [0.2, 0.25) is 0 Å². The van der Waals surface area contributed by atoms with E-state index in [4.69, 9.17) is 5.73 Å². The quantitative estimate of drug-likeness (QED) is 0.518. The first-order chi connectivity index (χ1) is 3.79. The Balaban J connectivity index is 3.03. The maximum Gasteiger partial charge on any atom is 0.367 e. The zero-order chi connectivity index (χ0) is 5.98. The molecule has 8 heavy (non-hydrogen) atoms. The van der Waals surface area contributed by atoms with Gasteiger partial charge in [0.15, 0.2) is 0 Å². The second kappa shape index (κ2) is 1.65. The highest BCUT2D eigenvalue weighted by Gasteiger charge is 1.88. The van der Waals surface area contributed by atoms with E-state index < -0.39 is 6.01 Å². The van der Waals surface area contributed by atoms with Gasteiger partial charge in [-0.2, -0.15) is 9.97 Å². The molecular formula is C4H4N3O. The summed E-state index contributed by atoms with van der Waals surface area (Å²) >= 11 is 0. The second-order valence-electron chi connectivity index (χ2n) is 1.30. The lowest BCUT2D eigenvalue weighted by molar-refractivity contribution is 0.319. The first-order valence-corrected chi connectivity index (χ1v) is 2.03. The summed E-state index contributed by atoms with van der Waals surface area (Å²) in [4.78, 5) is 6.57. The Morgan fingerprint density at radius 3 is 2.25 bits per heavy atom. The first-order valence-electron chi connectivity index (χ1n) is 2.03. The van der Waals surface area contributed by atoms with Crippen LogP contribution in [0.3, 0.4) is 0 Å². The van der Waals surface area contributed by atoms with E-state index in [0.717, 1.165) is 0 Å². The minimum absolute atomic E-state index is 0.407. The molecule has 1 aromatic rings. The molecule has 0 fully saturated rings. The first kappa shape index (κ1) is 4.83. The van der Waals surface area contributed by atoms with Crippen LogP contribution in [-0.2, 0) is 5.11 Å². The van der Waals surface area contributed by atoms with Crippen molar-refractivity contribution in [3.05, 3.63) is 12.4 Å². The van der Waals surface area contributed by atoms with Crippen LogP contribution in [0.4, 0.5) is 5.69 Å². The summed E-state index contributed by atoms with van der Waals surface area (Å²) in [6.45, 7) is 0. The van der Waals surface area contributed by atoms with Crippen LogP contribution in [0.5, 0.6) is 6.01 Å². The molecule has 0 bridgehead atoms. The van der Waals surface area contributed by atoms with Crippen LogP contribution in [0.15, 0.2) is 12.4 Å². The summed E-state index contributed by atoms with van der Waals surface area (Å²) in [6, 6.07) is -0.501. The fourth-order valence-electron chi connectivity index (χ4n) is 0.326. The van der Waals surface area contributed by atoms with Crippen molar-refractivity contribution in [1.29, 1.82) is 0 Å². The van der Waals surface area contributed by atoms with Crippen molar-refractivity contribution in [3.63, 3.8) is 0 Å². The average molecular weight is 110 g/mol. The summed E-state index contributed by atoms with van der Waals surface area (Å²) in [5, 5.41) is 10.1. The number of aromatic nitrogens is 2. The Bertz CT molecular complexity index is 150. The fourth-order valence-corrected chi connectivity index (χ4v) is 0.326. The topological polar surface area (TPSA) is 71.7 Å². The number of anilines is 1. The minimum atomic E-state index is -0.501. The third-order valence-corrected chi connectivity index (χ3v) is 0.648. The lowest BCUT2D eigenvalue weighted by Gasteiger charge is -1.85. The van der Waals surface area contributed by atoms with Gasteiger partial charge >= 0.3 is 6.01 Å². The second-order valence-corrected chi connectivity index (χ2v) is 1.30. The highest BCUT2D eigenvalue weighted by molar-refractivity contribution is 5.30. The molecule has 0 aliphatic heterocycles. The largest absolute Gasteiger partial charge is 0.396 e. The van der Waals surface area contributed by atoms with E-state index >= 15 is 0 Å². The van der Waals surface area contributed by atoms with E-state index in [-0.39, 0.29) is 0 Å². The van der Waals surface area contributed by atoms with Gasteiger partial charge in [0.25, 0.3) is 0 Å². The fraction of sp³-hybridized carbons (Fsp3) is 0. The lowest BCUT2D eigenvalue weighted by Crippen LogP contribution is -1.86. The molecule has 1 rings (SSSR count). The number of hydrogen-bond donors (Lipinski definition) is 1. The lowest BCUT2D eigenvalue weighted by atomic mass is 10.6. The van der Waals surface area contributed by atoms with Crippen LogP contribution >= 0.6 is 0 Å². The Labute approximate surface area is 46.0 Å². The Morgan fingerprint density at radius 2 is 1.88 bits per heavy atom. The maximum absolute atomic E-state index is 10.1. The van der Waals surface area contributed by atoms with E-state index in [2.05, 4.69) is 9.97 Å². The van der Waals surface area contributed by atoms with E-state index in [1.807, 2.05) is 0 Å². The molecule has 2 N–H and O–H groups in total. The van der Waals surface area contributed by atoms with Gasteiger partial charge in [-0.15, -0.1) is 0 Å². The molecule has 0 aromatic carbocycles. The van der Waals surface area contributed by atoms with E-state index in [0.29, 0.717) is 5.69 Å². The van der Waals surface area contributed by atoms with Crippen molar-refractivity contribution in [2.45, 2.75) is 0 Å². The van der Waals surface area contributed by atoms with E-state index in [1.165, 1.54) is 12.4 Å². The van der Waals surface area contributed by atoms with E-state index in [1.54, 1.807) is 0 Å². The SMILES string of the molecule is Nc1cnc([O])nc1. The van der Waals surface area contributed by atoms with Gasteiger partial charge in [0.2, 0.25) is 0 Å². The molecule has 4 heteroatoms. The van der Waals surface area contributed by atoms with Crippen molar-refractivity contribution < 1.29 is 5.11 Å². The predicted octanol–water partition coefficient (Wildman–Crippen LogP) is 0.203. The number of rotatable bonds is 0.